The molecule has 0 aromatic rings. The summed E-state index contributed by atoms with van der Waals surface area (Å²) in [5.74, 6) is 2.09. The van der Waals surface area contributed by atoms with Gasteiger partial charge in [0, 0.05) is 0 Å². The van der Waals surface area contributed by atoms with E-state index in [1.54, 1.807) is 0 Å². The first-order valence-corrected chi connectivity index (χ1v) is 4.84. The summed E-state index contributed by atoms with van der Waals surface area (Å²) in [5, 5.41) is 0. The molecular formula is C11H23Na. The van der Waals surface area contributed by atoms with Crippen molar-refractivity contribution in [3.63, 3.8) is 0 Å². The predicted octanol–water partition coefficient (Wildman–Crippen LogP) is 1.07. The maximum absolute atomic E-state index is 2.43. The molecule has 1 atom stereocenters. The Labute approximate surface area is 101 Å². The Morgan fingerprint density at radius 2 is 1.75 bits per heavy atom. The summed E-state index contributed by atoms with van der Waals surface area (Å²) < 4.78 is 0. The fourth-order valence-corrected chi connectivity index (χ4v) is 2.22. The van der Waals surface area contributed by atoms with Crippen LogP contribution in [0.25, 0.3) is 0 Å². The topological polar surface area (TPSA) is 0 Å². The standard InChI is InChI=1S/C10H20.CH3.Na/c1-3-6-9(2)10-7-4-5-8-10;;/h9-10H,3-8H2,1-2H3;1H3;/q;-1;+1. The van der Waals surface area contributed by atoms with Crippen LogP contribution in [0.1, 0.15) is 52.4 Å². The Bertz CT molecular complexity index is 85.0. The largest absolute Gasteiger partial charge is 1.00 e. The molecular weight excluding hydrogens is 155 g/mol. The van der Waals surface area contributed by atoms with Crippen LogP contribution in [0.5, 0.6) is 0 Å². The van der Waals surface area contributed by atoms with E-state index >= 15 is 0 Å². The molecule has 1 aliphatic carbocycles. The number of hydrogen-bond donors (Lipinski definition) is 0. The van der Waals surface area contributed by atoms with Crippen molar-refractivity contribution in [1.82, 2.24) is 0 Å². The molecule has 0 aromatic carbocycles. The molecule has 0 amide bonds. The fraction of sp³-hybridized carbons (Fsp3) is 0.909. The Balaban J connectivity index is 0. The van der Waals surface area contributed by atoms with Gasteiger partial charge in [0.05, 0.1) is 0 Å². The van der Waals surface area contributed by atoms with E-state index in [0.29, 0.717) is 0 Å². The maximum Gasteiger partial charge on any atom is 1.00 e. The van der Waals surface area contributed by atoms with Crippen LogP contribution < -0.4 is 29.6 Å². The van der Waals surface area contributed by atoms with Gasteiger partial charge in [-0.15, -0.1) is 0 Å². The smallest absolute Gasteiger partial charge is 0.358 e. The molecule has 68 valence electrons. The zero-order valence-electron chi connectivity index (χ0n) is 9.40. The van der Waals surface area contributed by atoms with Crippen LogP contribution in [0.15, 0.2) is 0 Å². The van der Waals surface area contributed by atoms with Crippen molar-refractivity contribution in [3.05, 3.63) is 7.43 Å². The molecule has 1 fully saturated rings. The van der Waals surface area contributed by atoms with Crippen LogP contribution in [0.2, 0.25) is 0 Å². The minimum absolute atomic E-state index is 0. The van der Waals surface area contributed by atoms with Crippen molar-refractivity contribution >= 4 is 0 Å². The third kappa shape index (κ3) is 4.89. The van der Waals surface area contributed by atoms with Crippen molar-refractivity contribution < 1.29 is 29.6 Å². The van der Waals surface area contributed by atoms with Gasteiger partial charge in [-0.3, -0.25) is 0 Å². The van der Waals surface area contributed by atoms with Gasteiger partial charge in [0.1, 0.15) is 0 Å². The average molecular weight is 178 g/mol. The summed E-state index contributed by atoms with van der Waals surface area (Å²) in [6.07, 6.45) is 8.85. The number of hydrogen-bond acceptors (Lipinski definition) is 0. The van der Waals surface area contributed by atoms with Crippen LogP contribution in [0.4, 0.5) is 0 Å². The van der Waals surface area contributed by atoms with E-state index in [1.807, 2.05) is 0 Å². The Morgan fingerprint density at radius 1 is 1.25 bits per heavy atom. The van der Waals surface area contributed by atoms with E-state index < -0.39 is 0 Å². The van der Waals surface area contributed by atoms with Crippen LogP contribution in [0, 0.1) is 19.3 Å². The summed E-state index contributed by atoms with van der Waals surface area (Å²) >= 11 is 0. The second-order valence-corrected chi connectivity index (χ2v) is 3.81. The van der Waals surface area contributed by atoms with E-state index in [-0.39, 0.29) is 37.0 Å². The molecule has 1 saturated carbocycles. The van der Waals surface area contributed by atoms with Crippen LogP contribution >= 0.6 is 0 Å². The maximum atomic E-state index is 2.43. The van der Waals surface area contributed by atoms with Gasteiger partial charge in [-0.05, 0) is 11.8 Å². The minimum atomic E-state index is 0. The zero-order valence-corrected chi connectivity index (χ0v) is 11.4. The van der Waals surface area contributed by atoms with Crippen molar-refractivity contribution in [1.29, 1.82) is 0 Å². The summed E-state index contributed by atoms with van der Waals surface area (Å²) in [6.45, 7) is 4.73. The quantitative estimate of drug-likeness (QED) is 0.448. The SMILES string of the molecule is CCCC(C)C1CCCC1.[CH3-].[Na+]. The van der Waals surface area contributed by atoms with Crippen molar-refractivity contribution in [2.45, 2.75) is 52.4 Å². The molecule has 0 nitrogen and oxygen atoms in total. The van der Waals surface area contributed by atoms with E-state index in [1.165, 1.54) is 38.5 Å². The molecule has 12 heavy (non-hydrogen) atoms. The van der Waals surface area contributed by atoms with Crippen molar-refractivity contribution in [3.8, 4) is 0 Å². The van der Waals surface area contributed by atoms with Gasteiger partial charge in [-0.2, -0.15) is 0 Å². The van der Waals surface area contributed by atoms with Crippen molar-refractivity contribution in [2.24, 2.45) is 11.8 Å². The van der Waals surface area contributed by atoms with Gasteiger partial charge in [-0.25, -0.2) is 0 Å². The molecule has 1 unspecified atom stereocenters. The molecule has 0 saturated heterocycles. The summed E-state index contributed by atoms with van der Waals surface area (Å²) in [7, 11) is 0. The zero-order chi connectivity index (χ0) is 7.40. The van der Waals surface area contributed by atoms with Gasteiger partial charge >= 0.3 is 29.6 Å². The molecule has 0 N–H and O–H groups in total. The predicted molar refractivity (Wildman–Crippen MR) is 52.4 cm³/mol. The van der Waals surface area contributed by atoms with E-state index in [2.05, 4.69) is 13.8 Å². The molecule has 0 heterocycles. The normalized spacial score (nSPS) is 19.5. The Hall–Kier alpha value is 1.00. The van der Waals surface area contributed by atoms with E-state index in [0.717, 1.165) is 11.8 Å². The van der Waals surface area contributed by atoms with Gasteiger partial charge < -0.3 is 7.43 Å². The first-order chi connectivity index (χ1) is 4.84. The second kappa shape index (κ2) is 8.59. The van der Waals surface area contributed by atoms with Gasteiger partial charge in [0.25, 0.3) is 0 Å². The van der Waals surface area contributed by atoms with Gasteiger partial charge in [-0.1, -0.05) is 52.4 Å². The molecule has 0 aromatic heterocycles. The Morgan fingerprint density at radius 3 is 2.17 bits per heavy atom. The first kappa shape index (κ1) is 15.5. The third-order valence-corrected chi connectivity index (χ3v) is 2.95. The average Bonchev–Trinajstić information content (AvgIpc) is 2.38. The van der Waals surface area contributed by atoms with Crippen LogP contribution in [0.3, 0.4) is 0 Å². The summed E-state index contributed by atoms with van der Waals surface area (Å²) in [5.41, 5.74) is 0. The Kier molecular flexibility index (Phi) is 11.1. The van der Waals surface area contributed by atoms with Crippen molar-refractivity contribution in [2.75, 3.05) is 0 Å². The van der Waals surface area contributed by atoms with Gasteiger partial charge in [0.15, 0.2) is 0 Å². The van der Waals surface area contributed by atoms with E-state index in [4.69, 9.17) is 0 Å². The first-order valence-electron chi connectivity index (χ1n) is 4.84. The molecule has 1 aliphatic rings. The van der Waals surface area contributed by atoms with E-state index in [9.17, 15) is 0 Å². The summed E-state index contributed by atoms with van der Waals surface area (Å²) in [4.78, 5) is 0. The second-order valence-electron chi connectivity index (χ2n) is 3.81. The molecule has 0 aliphatic heterocycles. The van der Waals surface area contributed by atoms with Crippen LogP contribution in [-0.2, 0) is 0 Å². The number of rotatable bonds is 3. The third-order valence-electron chi connectivity index (χ3n) is 2.95. The van der Waals surface area contributed by atoms with Crippen LogP contribution in [-0.4, -0.2) is 0 Å². The molecule has 0 radical (unpaired) electrons. The molecule has 0 bridgehead atoms. The molecule has 1 rings (SSSR count). The van der Waals surface area contributed by atoms with Gasteiger partial charge in [0.2, 0.25) is 0 Å². The minimum Gasteiger partial charge on any atom is -0.358 e. The molecule has 0 spiro atoms. The fourth-order valence-electron chi connectivity index (χ4n) is 2.22. The summed E-state index contributed by atoms with van der Waals surface area (Å²) in [6, 6.07) is 0. The monoisotopic (exact) mass is 178 g/mol. The molecule has 1 heteroatoms.